The molecule has 2 atom stereocenters. The molecule has 5 nitrogen and oxygen atoms in total. The number of nitrogens with zero attached hydrogens (tertiary/aromatic N) is 3. The second kappa shape index (κ2) is 4.55. The summed E-state index contributed by atoms with van der Waals surface area (Å²) in [4.78, 5) is 22.8. The van der Waals surface area contributed by atoms with Gasteiger partial charge < -0.3 is 10.2 Å². The molecule has 2 fully saturated rings. The molecule has 2 heterocycles. The third-order valence-corrected chi connectivity index (χ3v) is 3.88. The van der Waals surface area contributed by atoms with Crippen LogP contribution in [-0.2, 0) is 0 Å². The van der Waals surface area contributed by atoms with Crippen molar-refractivity contribution in [2.75, 3.05) is 18.4 Å². The number of rotatable bonds is 3. The molecular formula is C13H18N4O. The van der Waals surface area contributed by atoms with Crippen LogP contribution in [0.4, 0.5) is 5.82 Å². The minimum atomic E-state index is 0.0365. The van der Waals surface area contributed by atoms with Crippen molar-refractivity contribution in [3.8, 4) is 0 Å². The Bertz CT molecular complexity index is 462. The zero-order valence-electron chi connectivity index (χ0n) is 10.6. The van der Waals surface area contributed by atoms with Gasteiger partial charge in [0.2, 0.25) is 0 Å². The van der Waals surface area contributed by atoms with Crippen LogP contribution in [0.25, 0.3) is 0 Å². The molecule has 1 aromatic rings. The van der Waals surface area contributed by atoms with Crippen molar-refractivity contribution in [3.63, 3.8) is 0 Å². The van der Waals surface area contributed by atoms with Gasteiger partial charge in [-0.05, 0) is 32.1 Å². The van der Waals surface area contributed by atoms with Crippen LogP contribution >= 0.6 is 0 Å². The fraction of sp³-hybridized carbons (Fsp3) is 0.615. The zero-order chi connectivity index (χ0) is 12.5. The maximum atomic E-state index is 12.4. The molecule has 3 rings (SSSR count). The first kappa shape index (κ1) is 11.4. The van der Waals surface area contributed by atoms with Crippen LogP contribution in [0.1, 0.15) is 36.7 Å². The van der Waals surface area contributed by atoms with Crippen molar-refractivity contribution in [1.29, 1.82) is 0 Å². The Morgan fingerprint density at radius 3 is 3.06 bits per heavy atom. The number of fused-ring (bicyclic) bond motifs is 2. The minimum absolute atomic E-state index is 0.0365. The van der Waals surface area contributed by atoms with E-state index in [9.17, 15) is 4.79 Å². The highest BCUT2D eigenvalue weighted by Gasteiger charge is 2.40. The Morgan fingerprint density at radius 1 is 1.50 bits per heavy atom. The first-order valence-electron chi connectivity index (χ1n) is 6.65. The number of hydrogen-bond acceptors (Lipinski definition) is 4. The van der Waals surface area contributed by atoms with Crippen LogP contribution in [0.2, 0.25) is 0 Å². The summed E-state index contributed by atoms with van der Waals surface area (Å²) in [5.74, 6) is 1.42. The zero-order valence-corrected chi connectivity index (χ0v) is 10.6. The molecule has 0 aromatic carbocycles. The van der Waals surface area contributed by atoms with E-state index in [1.807, 2.05) is 11.8 Å². The van der Waals surface area contributed by atoms with E-state index in [1.165, 1.54) is 12.8 Å². The highest BCUT2D eigenvalue weighted by molar-refractivity contribution is 5.92. The topological polar surface area (TPSA) is 58.1 Å². The van der Waals surface area contributed by atoms with E-state index in [-0.39, 0.29) is 5.91 Å². The monoisotopic (exact) mass is 246 g/mol. The van der Waals surface area contributed by atoms with Crippen molar-refractivity contribution in [1.82, 2.24) is 14.9 Å². The number of carbonyl (C=O) groups is 1. The fourth-order valence-electron chi connectivity index (χ4n) is 3.06. The molecule has 1 N–H and O–H groups in total. The highest BCUT2D eigenvalue weighted by Crippen LogP contribution is 2.37. The van der Waals surface area contributed by atoms with Gasteiger partial charge >= 0.3 is 0 Å². The van der Waals surface area contributed by atoms with E-state index < -0.39 is 0 Å². The Kier molecular flexibility index (Phi) is 2.89. The summed E-state index contributed by atoms with van der Waals surface area (Å²) >= 11 is 0. The fourth-order valence-corrected chi connectivity index (χ4v) is 3.06. The van der Waals surface area contributed by atoms with Crippen molar-refractivity contribution in [3.05, 3.63) is 18.1 Å². The third kappa shape index (κ3) is 1.94. The molecule has 1 saturated carbocycles. The van der Waals surface area contributed by atoms with Gasteiger partial charge in [-0.2, -0.15) is 0 Å². The molecule has 1 aromatic heterocycles. The molecule has 1 saturated heterocycles. The van der Waals surface area contributed by atoms with Crippen molar-refractivity contribution in [2.24, 2.45) is 5.92 Å². The molecule has 0 radical (unpaired) electrons. The molecule has 1 aliphatic carbocycles. The van der Waals surface area contributed by atoms with E-state index in [1.54, 1.807) is 12.4 Å². The summed E-state index contributed by atoms with van der Waals surface area (Å²) < 4.78 is 0. The molecule has 18 heavy (non-hydrogen) atoms. The van der Waals surface area contributed by atoms with E-state index in [4.69, 9.17) is 0 Å². The van der Waals surface area contributed by atoms with Gasteiger partial charge in [0.1, 0.15) is 11.5 Å². The van der Waals surface area contributed by atoms with Crippen molar-refractivity contribution < 1.29 is 4.79 Å². The maximum Gasteiger partial charge on any atom is 0.274 e. The molecule has 2 unspecified atom stereocenters. The van der Waals surface area contributed by atoms with Crippen LogP contribution in [0.15, 0.2) is 12.4 Å². The predicted molar refractivity (Wildman–Crippen MR) is 68.4 cm³/mol. The largest absolute Gasteiger partial charge is 0.369 e. The second-order valence-electron chi connectivity index (χ2n) is 5.11. The third-order valence-electron chi connectivity index (χ3n) is 3.88. The standard InChI is InChI=1S/C13H18N4O/c1-2-15-12-7-14-6-11(16-12)13(18)17-8-9-3-4-10(17)5-9/h6-7,9-10H,2-5,8H2,1H3,(H,15,16). The molecule has 0 spiro atoms. The van der Waals surface area contributed by atoms with Gasteiger partial charge in [-0.1, -0.05) is 0 Å². The Balaban J connectivity index is 1.77. The number of nitrogens with one attached hydrogen (secondary N) is 1. The minimum Gasteiger partial charge on any atom is -0.369 e. The van der Waals surface area contributed by atoms with Gasteiger partial charge in [-0.3, -0.25) is 9.78 Å². The predicted octanol–water partition coefficient (Wildman–Crippen LogP) is 1.53. The number of amides is 1. The Hall–Kier alpha value is -1.65. The van der Waals surface area contributed by atoms with E-state index in [0.717, 1.165) is 19.5 Å². The van der Waals surface area contributed by atoms with E-state index in [0.29, 0.717) is 23.5 Å². The molecule has 2 bridgehead atoms. The summed E-state index contributed by atoms with van der Waals surface area (Å²) in [6.07, 6.45) is 6.81. The Labute approximate surface area is 107 Å². The quantitative estimate of drug-likeness (QED) is 0.878. The van der Waals surface area contributed by atoms with Gasteiger partial charge in [-0.25, -0.2) is 4.98 Å². The number of likely N-dealkylation sites (tertiary alicyclic amines) is 1. The number of anilines is 1. The lowest BCUT2D eigenvalue weighted by Crippen LogP contribution is -2.38. The summed E-state index contributed by atoms with van der Waals surface area (Å²) in [7, 11) is 0. The van der Waals surface area contributed by atoms with Crippen LogP contribution in [0.3, 0.4) is 0 Å². The lowest BCUT2D eigenvalue weighted by molar-refractivity contribution is 0.0697. The van der Waals surface area contributed by atoms with Crippen molar-refractivity contribution in [2.45, 2.75) is 32.2 Å². The number of carbonyl (C=O) groups excluding carboxylic acids is 1. The first-order valence-corrected chi connectivity index (χ1v) is 6.65. The first-order chi connectivity index (χ1) is 8.78. The second-order valence-corrected chi connectivity index (χ2v) is 5.11. The van der Waals surface area contributed by atoms with Gasteiger partial charge in [0.05, 0.1) is 12.4 Å². The number of aromatic nitrogens is 2. The van der Waals surface area contributed by atoms with E-state index >= 15 is 0 Å². The van der Waals surface area contributed by atoms with Gasteiger partial charge in [0.25, 0.3) is 5.91 Å². The average molecular weight is 246 g/mol. The molecule has 1 aliphatic heterocycles. The SMILES string of the molecule is CCNc1cncc(C(=O)N2CC3CCC2C3)n1. The van der Waals surface area contributed by atoms with Crippen LogP contribution < -0.4 is 5.32 Å². The Morgan fingerprint density at radius 2 is 2.39 bits per heavy atom. The number of piperidine rings is 1. The molecule has 2 aliphatic rings. The highest BCUT2D eigenvalue weighted by atomic mass is 16.2. The number of hydrogen-bond donors (Lipinski definition) is 1. The van der Waals surface area contributed by atoms with Crippen LogP contribution in [-0.4, -0.2) is 39.9 Å². The smallest absolute Gasteiger partial charge is 0.274 e. The van der Waals surface area contributed by atoms with Crippen molar-refractivity contribution >= 4 is 11.7 Å². The van der Waals surface area contributed by atoms with Gasteiger partial charge in [0, 0.05) is 19.1 Å². The van der Waals surface area contributed by atoms with E-state index in [2.05, 4.69) is 15.3 Å². The average Bonchev–Trinajstić information content (AvgIpc) is 3.01. The summed E-state index contributed by atoms with van der Waals surface area (Å²) in [5.41, 5.74) is 0.459. The molecule has 1 amide bonds. The molecular weight excluding hydrogens is 228 g/mol. The van der Waals surface area contributed by atoms with Gasteiger partial charge in [-0.15, -0.1) is 0 Å². The molecule has 5 heteroatoms. The van der Waals surface area contributed by atoms with Crippen LogP contribution in [0.5, 0.6) is 0 Å². The summed E-state index contributed by atoms with van der Waals surface area (Å²) in [6.45, 7) is 3.67. The lowest BCUT2D eigenvalue weighted by Gasteiger charge is -2.26. The lowest BCUT2D eigenvalue weighted by atomic mass is 10.1. The van der Waals surface area contributed by atoms with Crippen LogP contribution in [0, 0.1) is 5.92 Å². The molecule has 96 valence electrons. The van der Waals surface area contributed by atoms with Gasteiger partial charge in [0.15, 0.2) is 0 Å². The maximum absolute atomic E-state index is 12.4. The summed E-state index contributed by atoms with van der Waals surface area (Å²) in [5, 5.41) is 3.08. The normalized spacial score (nSPS) is 25.5. The summed E-state index contributed by atoms with van der Waals surface area (Å²) in [6, 6.07) is 0.437.